The van der Waals surface area contributed by atoms with Crippen LogP contribution in [0.15, 0.2) is 12.4 Å². The average Bonchev–Trinajstić information content (AvgIpc) is 2.17. The SMILES string of the molecule is O=COn1cc(I)cn1. The second kappa shape index (κ2) is 2.81. The van der Waals surface area contributed by atoms with E-state index in [1.807, 2.05) is 0 Å². The lowest BCUT2D eigenvalue weighted by Crippen LogP contribution is -2.08. The Labute approximate surface area is 64.9 Å². The maximum Gasteiger partial charge on any atom is 0.323 e. The summed E-state index contributed by atoms with van der Waals surface area (Å²) in [7, 11) is 0. The monoisotopic (exact) mass is 238 g/mol. The van der Waals surface area contributed by atoms with E-state index in [1.54, 1.807) is 12.4 Å². The van der Waals surface area contributed by atoms with Crippen LogP contribution in [0.2, 0.25) is 0 Å². The molecule has 1 aromatic rings. The minimum atomic E-state index is 0.322. The zero-order valence-electron chi connectivity index (χ0n) is 4.32. The number of nitrogens with zero attached hydrogens (tertiary/aromatic N) is 2. The third-order valence-corrected chi connectivity index (χ3v) is 1.24. The molecule has 0 N–H and O–H groups in total. The molecule has 0 amide bonds. The van der Waals surface area contributed by atoms with E-state index >= 15 is 0 Å². The van der Waals surface area contributed by atoms with Crippen molar-refractivity contribution in [1.82, 2.24) is 9.94 Å². The maximum atomic E-state index is 9.70. The van der Waals surface area contributed by atoms with Crippen molar-refractivity contribution in [1.29, 1.82) is 0 Å². The first-order chi connectivity index (χ1) is 4.33. The van der Waals surface area contributed by atoms with Crippen molar-refractivity contribution in [3.63, 3.8) is 0 Å². The van der Waals surface area contributed by atoms with Gasteiger partial charge in [0.15, 0.2) is 0 Å². The van der Waals surface area contributed by atoms with E-state index in [0.29, 0.717) is 6.47 Å². The lowest BCUT2D eigenvalue weighted by molar-refractivity contribution is -0.130. The number of hydrogen-bond donors (Lipinski definition) is 0. The molecule has 0 spiro atoms. The van der Waals surface area contributed by atoms with Crippen LogP contribution in [0.4, 0.5) is 0 Å². The van der Waals surface area contributed by atoms with E-state index in [4.69, 9.17) is 0 Å². The molecule has 0 aliphatic rings. The van der Waals surface area contributed by atoms with Crippen LogP contribution in [-0.4, -0.2) is 16.4 Å². The number of hydrogen-bond acceptors (Lipinski definition) is 3. The van der Waals surface area contributed by atoms with Crippen LogP contribution in [0.25, 0.3) is 0 Å². The molecule has 0 aliphatic heterocycles. The first-order valence-electron chi connectivity index (χ1n) is 2.14. The first-order valence-corrected chi connectivity index (χ1v) is 3.22. The van der Waals surface area contributed by atoms with Crippen LogP contribution >= 0.6 is 22.6 Å². The van der Waals surface area contributed by atoms with Gasteiger partial charge in [0, 0.05) is 0 Å². The van der Waals surface area contributed by atoms with Crippen molar-refractivity contribution < 1.29 is 9.63 Å². The predicted molar refractivity (Wildman–Crippen MR) is 37.6 cm³/mol. The number of halogens is 1. The molecule has 0 bridgehead atoms. The van der Waals surface area contributed by atoms with Gasteiger partial charge in [-0.3, -0.25) is 4.79 Å². The normalized spacial score (nSPS) is 9.00. The highest BCUT2D eigenvalue weighted by Gasteiger charge is 1.91. The Hall–Kier alpha value is -0.590. The topological polar surface area (TPSA) is 44.1 Å². The highest BCUT2D eigenvalue weighted by atomic mass is 127. The van der Waals surface area contributed by atoms with E-state index in [1.165, 1.54) is 0 Å². The molecule has 1 heterocycles. The molecule has 1 aromatic heterocycles. The average molecular weight is 238 g/mol. The summed E-state index contributed by atoms with van der Waals surface area (Å²) in [4.78, 5) is 15.1. The predicted octanol–water partition coefficient (Wildman–Crippen LogP) is 0.0727. The van der Waals surface area contributed by atoms with Crippen molar-refractivity contribution in [2.75, 3.05) is 0 Å². The number of carbonyl (C=O) groups is 1. The van der Waals surface area contributed by atoms with Gasteiger partial charge in [-0.2, -0.15) is 0 Å². The Morgan fingerprint density at radius 1 is 1.89 bits per heavy atom. The molecule has 9 heavy (non-hydrogen) atoms. The Balaban J connectivity index is 2.72. The summed E-state index contributed by atoms with van der Waals surface area (Å²) in [6, 6.07) is 0. The summed E-state index contributed by atoms with van der Waals surface area (Å²) in [6.45, 7) is 0.322. The Bertz CT molecular complexity index is 210. The number of carbonyl (C=O) groups excluding carboxylic acids is 1. The van der Waals surface area contributed by atoms with Crippen molar-refractivity contribution in [2.24, 2.45) is 0 Å². The molecule has 0 saturated heterocycles. The quantitative estimate of drug-likeness (QED) is 0.541. The molecule has 0 atom stereocenters. The van der Waals surface area contributed by atoms with Crippen LogP contribution in [0.1, 0.15) is 0 Å². The summed E-state index contributed by atoms with van der Waals surface area (Å²) < 4.78 is 0.925. The van der Waals surface area contributed by atoms with Crippen molar-refractivity contribution in [3.05, 3.63) is 16.0 Å². The van der Waals surface area contributed by atoms with Gasteiger partial charge in [-0.25, -0.2) is 0 Å². The minimum Gasteiger partial charge on any atom is -0.323 e. The highest BCUT2D eigenvalue weighted by Crippen LogP contribution is 1.98. The van der Waals surface area contributed by atoms with Gasteiger partial charge in [-0.1, -0.05) is 4.85 Å². The van der Waals surface area contributed by atoms with Crippen LogP contribution in [-0.2, 0) is 4.79 Å². The molecule has 0 radical (unpaired) electrons. The largest absolute Gasteiger partial charge is 0.323 e. The molecule has 1 rings (SSSR count). The van der Waals surface area contributed by atoms with E-state index in [2.05, 4.69) is 32.5 Å². The second-order valence-electron chi connectivity index (χ2n) is 1.26. The zero-order chi connectivity index (χ0) is 6.69. The molecule has 0 aliphatic carbocycles. The van der Waals surface area contributed by atoms with Gasteiger partial charge in [0.1, 0.15) is 0 Å². The molecule has 4 nitrogen and oxygen atoms in total. The van der Waals surface area contributed by atoms with E-state index in [0.717, 1.165) is 8.42 Å². The van der Waals surface area contributed by atoms with E-state index < -0.39 is 0 Å². The summed E-state index contributed by atoms with van der Waals surface area (Å²) >= 11 is 2.06. The van der Waals surface area contributed by atoms with Gasteiger partial charge in [0.05, 0.1) is 16.0 Å². The van der Waals surface area contributed by atoms with Gasteiger partial charge in [0.25, 0.3) is 0 Å². The third kappa shape index (κ3) is 1.67. The van der Waals surface area contributed by atoms with Crippen molar-refractivity contribution >= 4 is 29.1 Å². The fraction of sp³-hybridized carbons (Fsp3) is 0. The van der Waals surface area contributed by atoms with Gasteiger partial charge < -0.3 is 4.84 Å². The van der Waals surface area contributed by atoms with Crippen LogP contribution in [0, 0.1) is 3.57 Å². The van der Waals surface area contributed by atoms with Crippen LogP contribution in [0.5, 0.6) is 0 Å². The first kappa shape index (κ1) is 6.53. The Morgan fingerprint density at radius 2 is 2.67 bits per heavy atom. The molecule has 5 heteroatoms. The molecule has 0 unspecified atom stereocenters. The molecule has 0 saturated carbocycles. The Morgan fingerprint density at radius 3 is 3.11 bits per heavy atom. The summed E-state index contributed by atoms with van der Waals surface area (Å²) in [5, 5.41) is 3.66. The van der Waals surface area contributed by atoms with Gasteiger partial charge >= 0.3 is 6.47 Å². The summed E-state index contributed by atoms with van der Waals surface area (Å²) in [5.74, 6) is 0. The van der Waals surface area contributed by atoms with Gasteiger partial charge in [-0.05, 0) is 22.6 Å². The van der Waals surface area contributed by atoms with E-state index in [9.17, 15) is 4.79 Å². The number of rotatable bonds is 2. The lowest BCUT2D eigenvalue weighted by atomic mass is 10.8. The maximum absolute atomic E-state index is 9.70. The van der Waals surface area contributed by atoms with Crippen molar-refractivity contribution in [3.8, 4) is 0 Å². The smallest absolute Gasteiger partial charge is 0.323 e. The zero-order valence-corrected chi connectivity index (χ0v) is 6.48. The molecule has 0 fully saturated rings. The standard InChI is InChI=1S/C4H3IN2O2/c5-4-1-6-7(2-4)9-3-8/h1-3H. The van der Waals surface area contributed by atoms with E-state index in [-0.39, 0.29) is 0 Å². The fourth-order valence-corrected chi connectivity index (χ4v) is 0.749. The lowest BCUT2D eigenvalue weighted by Gasteiger charge is -1.89. The number of aromatic nitrogens is 2. The van der Waals surface area contributed by atoms with Crippen molar-refractivity contribution in [2.45, 2.75) is 0 Å². The van der Waals surface area contributed by atoms with Crippen LogP contribution in [0.3, 0.4) is 0 Å². The van der Waals surface area contributed by atoms with Gasteiger partial charge in [-0.15, -0.1) is 5.10 Å². The highest BCUT2D eigenvalue weighted by molar-refractivity contribution is 14.1. The summed E-state index contributed by atoms with van der Waals surface area (Å²) in [6.07, 6.45) is 3.18. The summed E-state index contributed by atoms with van der Waals surface area (Å²) in [5.41, 5.74) is 0. The molecular formula is C4H3IN2O2. The fourth-order valence-electron chi connectivity index (χ4n) is 0.386. The molecular weight excluding hydrogens is 235 g/mol. The third-order valence-electron chi connectivity index (χ3n) is 0.680. The Kier molecular flexibility index (Phi) is 2.04. The van der Waals surface area contributed by atoms with Gasteiger partial charge in [0.2, 0.25) is 0 Å². The van der Waals surface area contributed by atoms with Crippen LogP contribution < -0.4 is 4.84 Å². The molecule has 0 aromatic carbocycles. The molecule has 48 valence electrons. The second-order valence-corrected chi connectivity index (χ2v) is 2.51. The minimum absolute atomic E-state index is 0.322.